The molecule has 3 N–H and O–H groups in total. The number of piperidine rings is 1. The van der Waals surface area contributed by atoms with Gasteiger partial charge in [0.25, 0.3) is 0 Å². The second-order valence-corrected chi connectivity index (χ2v) is 17.0. The van der Waals surface area contributed by atoms with Crippen LogP contribution in [-0.4, -0.2) is 52.7 Å². The molecule has 0 unspecified atom stereocenters. The minimum atomic E-state index is -1.24. The van der Waals surface area contributed by atoms with Gasteiger partial charge in [0.1, 0.15) is 12.5 Å². The normalized spacial score (nSPS) is 16.2. The molecule has 3 aromatic rings. The predicted molar refractivity (Wildman–Crippen MR) is 149 cm³/mol. The molecule has 1 atom stereocenters. The maximum Gasteiger partial charge on any atom is 0.314 e. The number of nitrogen functional groups attached to an aromatic ring is 1. The first-order valence-electron chi connectivity index (χ1n) is 12.3. The van der Waals surface area contributed by atoms with Gasteiger partial charge in [0.2, 0.25) is 0 Å². The van der Waals surface area contributed by atoms with Crippen LogP contribution in [0, 0.1) is 0 Å². The zero-order chi connectivity index (χ0) is 26.7. The van der Waals surface area contributed by atoms with Crippen LogP contribution in [0.5, 0.6) is 0 Å². The number of anilines is 2. The second kappa shape index (κ2) is 11.4. The van der Waals surface area contributed by atoms with E-state index >= 15 is 0 Å². The summed E-state index contributed by atoms with van der Waals surface area (Å²) < 4.78 is 7.47. The Hall–Kier alpha value is -2.66. The van der Waals surface area contributed by atoms with Crippen molar-refractivity contribution < 1.29 is 14.3 Å². The van der Waals surface area contributed by atoms with Crippen LogP contribution in [0.1, 0.15) is 30.9 Å². The summed E-state index contributed by atoms with van der Waals surface area (Å²) in [6.07, 6.45) is 5.47. The first kappa shape index (κ1) is 27.4. The molecule has 0 saturated carbocycles. The maximum atomic E-state index is 13.3. The number of likely N-dealkylation sites (tertiary alicyclic amines) is 1. The lowest BCUT2D eigenvalue weighted by molar-refractivity contribution is -0.145. The van der Waals surface area contributed by atoms with Gasteiger partial charge in [-0.25, -0.2) is 9.67 Å². The van der Waals surface area contributed by atoms with E-state index in [9.17, 15) is 9.59 Å². The van der Waals surface area contributed by atoms with Crippen LogP contribution in [0.25, 0.3) is 10.9 Å². The van der Waals surface area contributed by atoms with E-state index in [1.165, 1.54) is 6.20 Å². The number of fused-ring (bicyclic) bond motifs is 1. The number of hydrogen-bond donors (Lipinski definition) is 2. The number of pyridine rings is 1. The Balaban J connectivity index is 1.54. The van der Waals surface area contributed by atoms with E-state index in [2.05, 4.69) is 35.0 Å². The van der Waals surface area contributed by atoms with Crippen LogP contribution in [0.3, 0.4) is 0 Å². The van der Waals surface area contributed by atoms with Crippen LogP contribution in [0.15, 0.2) is 30.6 Å². The highest BCUT2D eigenvalue weighted by Crippen LogP contribution is 2.34. The fraction of sp³-hybridized carbons (Fsp3) is 0.440. The number of rotatable bonds is 7. The number of amides is 2. The van der Waals surface area contributed by atoms with Gasteiger partial charge in [-0.2, -0.15) is 5.10 Å². The molecule has 3 heterocycles. The summed E-state index contributed by atoms with van der Waals surface area (Å²) in [4.78, 5) is 32.3. The Bertz CT molecular complexity index is 1290. The first-order valence-corrected chi connectivity index (χ1v) is 16.8. The molecule has 0 bridgehead atoms. The number of halogens is 2. The van der Waals surface area contributed by atoms with Gasteiger partial charge in [0.15, 0.2) is 0 Å². The number of nitrogens with zero attached hydrogens (tertiary/aromatic N) is 4. The van der Waals surface area contributed by atoms with E-state index < -0.39 is 19.9 Å². The van der Waals surface area contributed by atoms with Crippen molar-refractivity contribution in [3.05, 3.63) is 46.2 Å². The van der Waals surface area contributed by atoms with E-state index in [0.29, 0.717) is 46.2 Å². The van der Waals surface area contributed by atoms with Gasteiger partial charge in [0.05, 0.1) is 35.0 Å². The van der Waals surface area contributed by atoms with Gasteiger partial charge in [0, 0.05) is 31.3 Å². The van der Waals surface area contributed by atoms with Gasteiger partial charge >= 0.3 is 11.8 Å². The van der Waals surface area contributed by atoms with Crippen LogP contribution in [0.2, 0.25) is 35.7 Å². The molecule has 1 saturated heterocycles. The Morgan fingerprint density at radius 1 is 1.16 bits per heavy atom. The van der Waals surface area contributed by atoms with E-state index in [4.69, 9.17) is 33.7 Å². The average molecular weight is 564 g/mol. The molecule has 0 aliphatic carbocycles. The molecule has 2 aromatic heterocycles. The van der Waals surface area contributed by atoms with Crippen LogP contribution in [-0.2, 0) is 21.1 Å². The molecule has 1 aliphatic rings. The van der Waals surface area contributed by atoms with Crippen molar-refractivity contribution in [3.63, 3.8) is 0 Å². The highest BCUT2D eigenvalue weighted by atomic mass is 35.5. The van der Waals surface area contributed by atoms with Crippen LogP contribution < -0.4 is 11.1 Å². The smallest absolute Gasteiger partial charge is 0.314 e. The zero-order valence-corrected chi connectivity index (χ0v) is 23.8. The summed E-state index contributed by atoms with van der Waals surface area (Å²) in [5.74, 6) is -1.12. The van der Waals surface area contributed by atoms with E-state index in [1.54, 1.807) is 34.0 Å². The monoisotopic (exact) mass is 562 g/mol. The Kier molecular flexibility index (Phi) is 8.42. The molecule has 2 amide bonds. The van der Waals surface area contributed by atoms with Crippen molar-refractivity contribution in [2.45, 2.75) is 57.7 Å². The third-order valence-corrected chi connectivity index (χ3v) is 8.53. The number of hydrogen-bond acceptors (Lipinski definition) is 6. The fourth-order valence-corrected chi connectivity index (χ4v) is 5.74. The largest absolute Gasteiger partial charge is 0.383 e. The van der Waals surface area contributed by atoms with Crippen molar-refractivity contribution in [3.8, 4) is 0 Å². The summed E-state index contributed by atoms with van der Waals surface area (Å²) in [5, 5.41) is 8.65. The molecule has 198 valence electrons. The number of benzene rings is 1. The third kappa shape index (κ3) is 6.62. The standard InChI is InChI=1S/C25H32Cl2N6O3Si/c1-37(2,3)9-8-36-15-33-22-19(13-30-33)23(28)29-14-20(22)31-24(34)25(35)32-7-5-4-6-21(32)16-10-17(26)12-18(27)11-16/h10-14,21H,4-9,15H2,1-3H3,(H2,28,29)(H,31,34)/t21-/m0/s1. The molecular formula is C25H32Cl2N6O3Si. The van der Waals surface area contributed by atoms with Gasteiger partial charge in [-0.15, -0.1) is 0 Å². The van der Waals surface area contributed by atoms with Crippen LogP contribution >= 0.6 is 23.2 Å². The lowest BCUT2D eigenvalue weighted by atomic mass is 9.95. The summed E-state index contributed by atoms with van der Waals surface area (Å²) in [6.45, 7) is 8.11. The average Bonchev–Trinajstić information content (AvgIpc) is 3.27. The molecule has 12 heteroatoms. The molecule has 0 spiro atoms. The number of carbonyl (C=O) groups excluding carboxylic acids is 2. The highest BCUT2D eigenvalue weighted by Gasteiger charge is 2.32. The Morgan fingerprint density at radius 2 is 1.89 bits per heavy atom. The van der Waals surface area contributed by atoms with Crippen molar-refractivity contribution in [1.29, 1.82) is 0 Å². The second-order valence-electron chi connectivity index (χ2n) is 10.5. The van der Waals surface area contributed by atoms with E-state index in [0.717, 1.165) is 24.4 Å². The van der Waals surface area contributed by atoms with Gasteiger partial charge in [-0.05, 0) is 49.1 Å². The van der Waals surface area contributed by atoms with Gasteiger partial charge < -0.3 is 20.7 Å². The molecule has 1 aromatic carbocycles. The topological polar surface area (TPSA) is 115 Å². The van der Waals surface area contributed by atoms with E-state index in [-0.39, 0.29) is 18.6 Å². The molecule has 37 heavy (non-hydrogen) atoms. The number of ether oxygens (including phenoxy) is 1. The van der Waals surface area contributed by atoms with Crippen LogP contribution in [0.4, 0.5) is 11.5 Å². The van der Waals surface area contributed by atoms with Crippen molar-refractivity contribution in [1.82, 2.24) is 19.7 Å². The summed E-state index contributed by atoms with van der Waals surface area (Å²) in [6, 6.07) is 5.94. The van der Waals surface area contributed by atoms with Gasteiger partial charge in [-0.1, -0.05) is 42.8 Å². The quantitative estimate of drug-likeness (QED) is 0.228. The molecule has 4 rings (SSSR count). The Labute approximate surface area is 227 Å². The molecule has 0 radical (unpaired) electrons. The molecule has 1 fully saturated rings. The zero-order valence-electron chi connectivity index (χ0n) is 21.3. The fourth-order valence-electron chi connectivity index (χ4n) is 4.44. The molecule has 9 nitrogen and oxygen atoms in total. The van der Waals surface area contributed by atoms with Gasteiger partial charge in [-0.3, -0.25) is 9.59 Å². The Morgan fingerprint density at radius 3 is 2.59 bits per heavy atom. The number of nitrogens with one attached hydrogen (secondary N) is 1. The predicted octanol–water partition coefficient (Wildman–Crippen LogP) is 5.32. The van der Waals surface area contributed by atoms with Crippen molar-refractivity contribution in [2.24, 2.45) is 0 Å². The first-order chi connectivity index (χ1) is 17.5. The maximum absolute atomic E-state index is 13.3. The van der Waals surface area contributed by atoms with Crippen molar-refractivity contribution >= 4 is 65.5 Å². The lowest BCUT2D eigenvalue weighted by Gasteiger charge is -2.35. The minimum absolute atomic E-state index is 0.192. The summed E-state index contributed by atoms with van der Waals surface area (Å²) in [5.41, 5.74) is 7.76. The number of carbonyl (C=O) groups is 2. The summed E-state index contributed by atoms with van der Waals surface area (Å²) in [7, 11) is -1.24. The SMILES string of the molecule is C[Si](C)(C)CCOCn1ncc2c(N)ncc(NC(=O)C(=O)N3CCCC[C@H]3c3cc(Cl)cc(Cl)c3)c21. The van der Waals surface area contributed by atoms with Crippen molar-refractivity contribution in [2.75, 3.05) is 24.2 Å². The number of nitrogens with two attached hydrogens (primary N) is 1. The lowest BCUT2D eigenvalue weighted by Crippen LogP contribution is -2.44. The van der Waals surface area contributed by atoms with E-state index in [1.807, 2.05) is 0 Å². The highest BCUT2D eigenvalue weighted by molar-refractivity contribution is 6.76. The molecule has 1 aliphatic heterocycles. The number of aromatic nitrogens is 3. The third-order valence-electron chi connectivity index (χ3n) is 6.39. The summed E-state index contributed by atoms with van der Waals surface area (Å²) >= 11 is 12.4. The minimum Gasteiger partial charge on any atom is -0.383 e. The molecular weight excluding hydrogens is 531 g/mol.